The fourth-order valence-electron chi connectivity index (χ4n) is 2.09. The van der Waals surface area contributed by atoms with Gasteiger partial charge in [-0.1, -0.05) is 27.3 Å². The van der Waals surface area contributed by atoms with Crippen LogP contribution in [0.4, 0.5) is 10.8 Å². The van der Waals surface area contributed by atoms with Crippen LogP contribution in [0.5, 0.6) is 5.75 Å². The Bertz CT molecular complexity index is 925. The molecule has 25 heavy (non-hydrogen) atoms. The number of carbonyl (C=O) groups is 2. The molecule has 0 aliphatic rings. The lowest BCUT2D eigenvalue weighted by molar-refractivity contribution is -0.118. The average molecular weight is 420 g/mol. The van der Waals surface area contributed by atoms with Gasteiger partial charge in [-0.15, -0.1) is 0 Å². The minimum Gasteiger partial charge on any atom is -0.484 e. The smallest absolute Gasteiger partial charge is 0.264 e. The van der Waals surface area contributed by atoms with Gasteiger partial charge in [0.25, 0.3) is 5.91 Å². The number of benzene rings is 2. The summed E-state index contributed by atoms with van der Waals surface area (Å²) >= 11 is 4.67. The summed E-state index contributed by atoms with van der Waals surface area (Å²) in [5.74, 6) is 0.189. The van der Waals surface area contributed by atoms with Gasteiger partial charge in [0.1, 0.15) is 5.75 Å². The number of halogens is 1. The van der Waals surface area contributed by atoms with Crippen LogP contribution in [-0.2, 0) is 9.59 Å². The van der Waals surface area contributed by atoms with E-state index in [-0.39, 0.29) is 18.4 Å². The second-order valence-electron chi connectivity index (χ2n) is 5.17. The number of rotatable bonds is 5. The molecule has 0 radical (unpaired) electrons. The Morgan fingerprint density at radius 1 is 1.16 bits per heavy atom. The van der Waals surface area contributed by atoms with Crippen molar-refractivity contribution >= 4 is 60.1 Å². The molecule has 2 N–H and O–H groups in total. The molecule has 3 aromatic rings. The first-order valence-corrected chi connectivity index (χ1v) is 8.97. The summed E-state index contributed by atoms with van der Waals surface area (Å²) in [4.78, 5) is 27.5. The van der Waals surface area contributed by atoms with Gasteiger partial charge in [0.15, 0.2) is 11.7 Å². The lowest BCUT2D eigenvalue weighted by Crippen LogP contribution is -2.19. The molecule has 6 nitrogen and oxygen atoms in total. The summed E-state index contributed by atoms with van der Waals surface area (Å²) in [6.07, 6.45) is 0. The van der Waals surface area contributed by atoms with E-state index in [0.717, 1.165) is 14.7 Å². The van der Waals surface area contributed by atoms with E-state index in [1.165, 1.54) is 18.3 Å². The van der Waals surface area contributed by atoms with Crippen molar-refractivity contribution < 1.29 is 14.3 Å². The van der Waals surface area contributed by atoms with Crippen molar-refractivity contribution in [2.75, 3.05) is 17.2 Å². The molecule has 8 heteroatoms. The SMILES string of the molecule is CC(=O)Nc1ccc2nc(NC(=O)COc3ccc(Br)cc3)sc2c1. The van der Waals surface area contributed by atoms with Crippen molar-refractivity contribution in [3.8, 4) is 5.75 Å². The van der Waals surface area contributed by atoms with Crippen LogP contribution in [0.1, 0.15) is 6.92 Å². The lowest BCUT2D eigenvalue weighted by Gasteiger charge is -2.05. The Morgan fingerprint density at radius 3 is 2.64 bits per heavy atom. The topological polar surface area (TPSA) is 80.3 Å². The number of ether oxygens (including phenoxy) is 1. The number of hydrogen-bond acceptors (Lipinski definition) is 5. The predicted molar refractivity (Wildman–Crippen MR) is 102 cm³/mol. The summed E-state index contributed by atoms with van der Waals surface area (Å²) < 4.78 is 7.24. The van der Waals surface area contributed by atoms with Crippen molar-refractivity contribution in [1.29, 1.82) is 0 Å². The second kappa shape index (κ2) is 7.62. The molecule has 0 spiro atoms. The molecular formula is C17H14BrN3O3S. The van der Waals surface area contributed by atoms with Crippen LogP contribution < -0.4 is 15.4 Å². The quantitative estimate of drug-likeness (QED) is 0.653. The molecule has 0 saturated carbocycles. The molecule has 0 fully saturated rings. The van der Waals surface area contributed by atoms with Crippen LogP contribution in [0, 0.1) is 0 Å². The maximum atomic E-state index is 12.0. The molecular weight excluding hydrogens is 406 g/mol. The number of nitrogens with one attached hydrogen (secondary N) is 2. The Morgan fingerprint density at radius 2 is 1.92 bits per heavy atom. The zero-order chi connectivity index (χ0) is 17.8. The summed E-state index contributed by atoms with van der Waals surface area (Å²) in [7, 11) is 0. The van der Waals surface area contributed by atoms with E-state index in [1.54, 1.807) is 24.3 Å². The number of aromatic nitrogens is 1. The summed E-state index contributed by atoms with van der Waals surface area (Å²) in [5, 5.41) is 5.92. The van der Waals surface area contributed by atoms with Crippen LogP contribution in [0.25, 0.3) is 10.2 Å². The van der Waals surface area contributed by atoms with Gasteiger partial charge in [-0.2, -0.15) is 0 Å². The van der Waals surface area contributed by atoms with E-state index >= 15 is 0 Å². The number of hydrogen-bond donors (Lipinski definition) is 2. The first-order chi connectivity index (χ1) is 12.0. The van der Waals surface area contributed by atoms with Crippen molar-refractivity contribution in [1.82, 2.24) is 4.98 Å². The Kier molecular flexibility index (Phi) is 5.30. The van der Waals surface area contributed by atoms with Crippen LogP contribution in [0.15, 0.2) is 46.9 Å². The van der Waals surface area contributed by atoms with Crippen LogP contribution in [0.3, 0.4) is 0 Å². The molecule has 1 aromatic heterocycles. The number of amides is 2. The molecule has 1 heterocycles. The molecule has 0 atom stereocenters. The van der Waals surface area contributed by atoms with E-state index in [9.17, 15) is 9.59 Å². The first-order valence-electron chi connectivity index (χ1n) is 7.36. The van der Waals surface area contributed by atoms with Crippen molar-refractivity contribution in [2.24, 2.45) is 0 Å². The largest absolute Gasteiger partial charge is 0.484 e. The highest BCUT2D eigenvalue weighted by Crippen LogP contribution is 2.28. The minimum absolute atomic E-state index is 0.102. The number of fused-ring (bicyclic) bond motifs is 1. The average Bonchev–Trinajstić information content (AvgIpc) is 2.95. The van der Waals surface area contributed by atoms with Gasteiger partial charge in [0.2, 0.25) is 5.91 Å². The van der Waals surface area contributed by atoms with Crippen LogP contribution >= 0.6 is 27.3 Å². The van der Waals surface area contributed by atoms with Gasteiger partial charge in [0, 0.05) is 17.1 Å². The number of nitrogens with zero attached hydrogens (tertiary/aromatic N) is 1. The van der Waals surface area contributed by atoms with Gasteiger partial charge in [-0.3, -0.25) is 14.9 Å². The maximum absolute atomic E-state index is 12.0. The summed E-state index contributed by atoms with van der Waals surface area (Å²) in [6, 6.07) is 12.6. The third-order valence-electron chi connectivity index (χ3n) is 3.14. The third kappa shape index (κ3) is 4.77. The highest BCUT2D eigenvalue weighted by atomic mass is 79.9. The van der Waals surface area contributed by atoms with E-state index in [0.29, 0.717) is 16.6 Å². The van der Waals surface area contributed by atoms with Gasteiger partial charge >= 0.3 is 0 Å². The highest BCUT2D eigenvalue weighted by Gasteiger charge is 2.09. The van der Waals surface area contributed by atoms with E-state index in [1.807, 2.05) is 18.2 Å². The van der Waals surface area contributed by atoms with E-state index in [4.69, 9.17) is 4.74 Å². The first kappa shape index (κ1) is 17.4. The van der Waals surface area contributed by atoms with Gasteiger partial charge in [-0.25, -0.2) is 4.98 Å². The monoisotopic (exact) mass is 419 g/mol. The molecule has 0 saturated heterocycles. The molecule has 0 aliphatic carbocycles. The Balaban J connectivity index is 1.62. The zero-order valence-electron chi connectivity index (χ0n) is 13.2. The Hall–Kier alpha value is -2.45. The van der Waals surface area contributed by atoms with Gasteiger partial charge in [-0.05, 0) is 42.5 Å². The maximum Gasteiger partial charge on any atom is 0.264 e. The van der Waals surface area contributed by atoms with Crippen molar-refractivity contribution in [3.63, 3.8) is 0 Å². The predicted octanol–water partition coefficient (Wildman–Crippen LogP) is 4.03. The molecule has 0 aliphatic heterocycles. The highest BCUT2D eigenvalue weighted by molar-refractivity contribution is 9.10. The second-order valence-corrected chi connectivity index (χ2v) is 7.12. The molecule has 0 unspecified atom stereocenters. The van der Waals surface area contributed by atoms with Gasteiger partial charge in [0.05, 0.1) is 10.2 Å². The molecule has 3 rings (SSSR count). The van der Waals surface area contributed by atoms with E-state index in [2.05, 4.69) is 31.5 Å². The standard InChI is InChI=1S/C17H14BrN3O3S/c1-10(22)19-12-4-7-14-15(8-12)25-17(20-14)21-16(23)9-24-13-5-2-11(18)3-6-13/h2-8H,9H2,1H3,(H,19,22)(H,20,21,23). The van der Waals surface area contributed by atoms with Gasteiger partial charge < -0.3 is 10.1 Å². The number of anilines is 2. The Labute approximate surface area is 156 Å². The number of thiazole rings is 1. The third-order valence-corrected chi connectivity index (χ3v) is 4.60. The summed E-state index contributed by atoms with van der Waals surface area (Å²) in [5.41, 5.74) is 1.45. The molecule has 0 bridgehead atoms. The number of carbonyl (C=O) groups excluding carboxylic acids is 2. The zero-order valence-corrected chi connectivity index (χ0v) is 15.6. The summed E-state index contributed by atoms with van der Waals surface area (Å²) in [6.45, 7) is 1.35. The lowest BCUT2D eigenvalue weighted by atomic mass is 10.3. The van der Waals surface area contributed by atoms with Crippen LogP contribution in [0.2, 0.25) is 0 Å². The van der Waals surface area contributed by atoms with Crippen molar-refractivity contribution in [3.05, 3.63) is 46.9 Å². The fourth-order valence-corrected chi connectivity index (χ4v) is 3.28. The fraction of sp³-hybridized carbons (Fsp3) is 0.118. The minimum atomic E-state index is -0.288. The molecule has 128 valence electrons. The van der Waals surface area contributed by atoms with Crippen LogP contribution in [-0.4, -0.2) is 23.4 Å². The normalized spacial score (nSPS) is 10.5. The molecule has 2 aromatic carbocycles. The van der Waals surface area contributed by atoms with E-state index < -0.39 is 0 Å². The molecule has 2 amide bonds. The van der Waals surface area contributed by atoms with Crippen molar-refractivity contribution in [2.45, 2.75) is 6.92 Å².